The molecule has 0 heterocycles. The van der Waals surface area contributed by atoms with E-state index in [1.165, 1.54) is 25.0 Å². The Bertz CT molecular complexity index is 657. The average molecular weight is 284 g/mol. The third-order valence-electron chi connectivity index (χ3n) is 5.30. The number of ether oxygens (including phenoxy) is 1. The lowest BCUT2D eigenvalue weighted by Gasteiger charge is -2.20. The van der Waals surface area contributed by atoms with E-state index in [9.17, 15) is 9.59 Å². The van der Waals surface area contributed by atoms with Gasteiger partial charge in [-0.1, -0.05) is 24.3 Å². The summed E-state index contributed by atoms with van der Waals surface area (Å²) < 4.78 is 5.64. The van der Waals surface area contributed by atoms with Crippen molar-refractivity contribution in [2.75, 3.05) is 0 Å². The highest BCUT2D eigenvalue weighted by atomic mass is 16.5. The molecule has 2 fully saturated rings. The topological polar surface area (TPSA) is 63.6 Å². The summed E-state index contributed by atoms with van der Waals surface area (Å²) in [6.45, 7) is 0. The summed E-state index contributed by atoms with van der Waals surface area (Å²) in [5.41, 5.74) is 0.501. The van der Waals surface area contributed by atoms with Crippen LogP contribution in [0.2, 0.25) is 0 Å². The first-order valence-corrected chi connectivity index (χ1v) is 7.33. The molecular formula is C17H16O4. The fourth-order valence-electron chi connectivity index (χ4n) is 4.11. The maximum atomic E-state index is 12.3. The lowest BCUT2D eigenvalue weighted by molar-refractivity contribution is 0.0216. The van der Waals surface area contributed by atoms with Crippen molar-refractivity contribution in [2.45, 2.75) is 25.4 Å². The highest BCUT2D eigenvalue weighted by Crippen LogP contribution is 2.68. The molecule has 3 aliphatic carbocycles. The zero-order chi connectivity index (χ0) is 14.6. The Morgan fingerprint density at radius 2 is 1.86 bits per heavy atom. The molecule has 2 bridgehead atoms. The molecule has 1 spiro atoms. The Morgan fingerprint density at radius 3 is 2.48 bits per heavy atom. The smallest absolute Gasteiger partial charge is 0.339 e. The van der Waals surface area contributed by atoms with Gasteiger partial charge in [0, 0.05) is 5.92 Å². The van der Waals surface area contributed by atoms with E-state index in [1.807, 2.05) is 0 Å². The second kappa shape index (κ2) is 4.20. The molecule has 3 aliphatic rings. The first kappa shape index (κ1) is 12.6. The first-order valence-electron chi connectivity index (χ1n) is 7.33. The van der Waals surface area contributed by atoms with Crippen LogP contribution in [0.15, 0.2) is 36.4 Å². The van der Waals surface area contributed by atoms with E-state index in [1.54, 1.807) is 12.1 Å². The molecule has 0 aromatic heterocycles. The van der Waals surface area contributed by atoms with Gasteiger partial charge >= 0.3 is 11.9 Å². The number of carboxylic acid groups (broad SMARTS) is 1. The standard InChI is InChI=1S/C17H16O4/c18-15(19)11-3-1-2-4-12(11)16(20)21-14-9-10-5-6-13(14)17(10)7-8-17/h1-6,10,13-14H,7-9H2,(H,18,19)/t10-,13+,14+/m1/s1. The Kier molecular flexibility index (Phi) is 2.52. The van der Waals surface area contributed by atoms with Crippen LogP contribution in [0.1, 0.15) is 40.0 Å². The third kappa shape index (κ3) is 1.75. The predicted molar refractivity (Wildman–Crippen MR) is 75.0 cm³/mol. The van der Waals surface area contributed by atoms with Gasteiger partial charge in [0.1, 0.15) is 6.10 Å². The van der Waals surface area contributed by atoms with Crippen LogP contribution < -0.4 is 0 Å². The van der Waals surface area contributed by atoms with Crippen molar-refractivity contribution in [3.8, 4) is 0 Å². The molecule has 4 nitrogen and oxygen atoms in total. The second-order valence-corrected chi connectivity index (χ2v) is 6.28. The van der Waals surface area contributed by atoms with Crippen LogP contribution in [0, 0.1) is 17.3 Å². The summed E-state index contributed by atoms with van der Waals surface area (Å²) >= 11 is 0. The lowest BCUT2D eigenvalue weighted by Crippen LogP contribution is -2.25. The maximum absolute atomic E-state index is 12.3. The van der Waals surface area contributed by atoms with Crippen LogP contribution in [-0.2, 0) is 4.74 Å². The van der Waals surface area contributed by atoms with Gasteiger partial charge in [-0.25, -0.2) is 9.59 Å². The summed E-state index contributed by atoms with van der Waals surface area (Å²) in [5, 5.41) is 9.15. The average Bonchev–Trinajstić information content (AvgIpc) is 3.14. The van der Waals surface area contributed by atoms with Crippen LogP contribution in [0.5, 0.6) is 0 Å². The summed E-state index contributed by atoms with van der Waals surface area (Å²) in [6, 6.07) is 6.22. The van der Waals surface area contributed by atoms with Gasteiger partial charge in [0.15, 0.2) is 0 Å². The molecule has 0 radical (unpaired) electrons. The van der Waals surface area contributed by atoms with E-state index in [-0.39, 0.29) is 17.2 Å². The number of hydrogen-bond acceptors (Lipinski definition) is 3. The third-order valence-corrected chi connectivity index (χ3v) is 5.30. The number of carboxylic acids is 1. The Labute approximate surface area is 122 Å². The summed E-state index contributed by atoms with van der Waals surface area (Å²) in [7, 11) is 0. The summed E-state index contributed by atoms with van der Waals surface area (Å²) in [6.07, 6.45) is 7.65. The Hall–Kier alpha value is -2.10. The molecule has 0 amide bonds. The van der Waals surface area contributed by atoms with Crippen LogP contribution in [0.4, 0.5) is 0 Å². The molecule has 0 saturated heterocycles. The highest BCUT2D eigenvalue weighted by molar-refractivity contribution is 6.02. The number of hydrogen-bond donors (Lipinski definition) is 1. The van der Waals surface area contributed by atoms with Gasteiger partial charge in [0.2, 0.25) is 0 Å². The highest BCUT2D eigenvalue weighted by Gasteiger charge is 2.63. The number of esters is 1. The van der Waals surface area contributed by atoms with Crippen molar-refractivity contribution < 1.29 is 19.4 Å². The number of carbonyl (C=O) groups is 2. The van der Waals surface area contributed by atoms with Crippen molar-refractivity contribution in [2.24, 2.45) is 17.3 Å². The number of rotatable bonds is 3. The van der Waals surface area contributed by atoms with Crippen molar-refractivity contribution in [1.82, 2.24) is 0 Å². The summed E-state index contributed by atoms with van der Waals surface area (Å²) in [4.78, 5) is 23.5. The fourth-order valence-corrected chi connectivity index (χ4v) is 4.11. The van der Waals surface area contributed by atoms with E-state index < -0.39 is 11.9 Å². The molecule has 1 aromatic rings. The van der Waals surface area contributed by atoms with Crippen LogP contribution >= 0.6 is 0 Å². The fraction of sp³-hybridized carbons (Fsp3) is 0.412. The SMILES string of the molecule is O=C(O)c1ccccc1C(=O)O[C@H]1C[C@H]2C=C[C@@H]1C21CC1. The van der Waals surface area contributed by atoms with E-state index in [0.717, 1.165) is 6.42 Å². The molecule has 108 valence electrons. The Balaban J connectivity index is 1.55. The normalized spacial score (nSPS) is 30.6. The number of carbonyl (C=O) groups excluding carboxylic acids is 1. The zero-order valence-corrected chi connectivity index (χ0v) is 11.5. The minimum Gasteiger partial charge on any atom is -0.478 e. The van der Waals surface area contributed by atoms with Crippen LogP contribution in [0.25, 0.3) is 0 Å². The zero-order valence-electron chi connectivity index (χ0n) is 11.5. The molecule has 21 heavy (non-hydrogen) atoms. The predicted octanol–water partition coefficient (Wildman–Crippen LogP) is 2.90. The molecule has 0 unspecified atom stereocenters. The summed E-state index contributed by atoms with van der Waals surface area (Å²) in [5.74, 6) is -0.762. The molecule has 4 heteroatoms. The van der Waals surface area contributed by atoms with Crippen molar-refractivity contribution in [1.29, 1.82) is 0 Å². The molecular weight excluding hydrogens is 268 g/mol. The molecule has 4 rings (SSSR count). The monoisotopic (exact) mass is 284 g/mol. The first-order chi connectivity index (χ1) is 10.1. The van der Waals surface area contributed by atoms with Gasteiger partial charge in [-0.2, -0.15) is 0 Å². The van der Waals surface area contributed by atoms with Gasteiger partial charge in [-0.3, -0.25) is 0 Å². The van der Waals surface area contributed by atoms with Crippen LogP contribution in [0.3, 0.4) is 0 Å². The van der Waals surface area contributed by atoms with E-state index >= 15 is 0 Å². The van der Waals surface area contributed by atoms with Crippen LogP contribution in [-0.4, -0.2) is 23.1 Å². The molecule has 3 atom stereocenters. The van der Waals surface area contributed by atoms with Gasteiger partial charge in [-0.15, -0.1) is 0 Å². The lowest BCUT2D eigenvalue weighted by atomic mass is 9.93. The minimum absolute atomic E-state index is 0.00216. The molecule has 1 N–H and O–H groups in total. The quantitative estimate of drug-likeness (QED) is 0.684. The Morgan fingerprint density at radius 1 is 1.14 bits per heavy atom. The maximum Gasteiger partial charge on any atom is 0.339 e. The van der Waals surface area contributed by atoms with Gasteiger partial charge < -0.3 is 9.84 Å². The van der Waals surface area contributed by atoms with E-state index in [0.29, 0.717) is 17.3 Å². The molecule has 1 aromatic carbocycles. The van der Waals surface area contributed by atoms with Gasteiger partial charge in [0.25, 0.3) is 0 Å². The number of allylic oxidation sites excluding steroid dienone is 1. The second-order valence-electron chi connectivity index (χ2n) is 6.28. The number of aromatic carboxylic acids is 1. The van der Waals surface area contributed by atoms with Crippen molar-refractivity contribution in [3.05, 3.63) is 47.5 Å². The van der Waals surface area contributed by atoms with Gasteiger partial charge in [0.05, 0.1) is 11.1 Å². The molecule has 2 saturated carbocycles. The van der Waals surface area contributed by atoms with Crippen molar-refractivity contribution >= 4 is 11.9 Å². The minimum atomic E-state index is -1.10. The van der Waals surface area contributed by atoms with E-state index in [2.05, 4.69) is 12.2 Å². The van der Waals surface area contributed by atoms with Crippen molar-refractivity contribution in [3.63, 3.8) is 0 Å². The molecule has 0 aliphatic heterocycles. The van der Waals surface area contributed by atoms with E-state index in [4.69, 9.17) is 9.84 Å². The van der Waals surface area contributed by atoms with Gasteiger partial charge in [-0.05, 0) is 42.7 Å². The number of benzene rings is 1. The largest absolute Gasteiger partial charge is 0.478 e.